The Kier molecular flexibility index (Phi) is 4.06. The maximum absolute atomic E-state index is 11.9. The van der Waals surface area contributed by atoms with Gasteiger partial charge in [0.05, 0.1) is 5.69 Å². The summed E-state index contributed by atoms with van der Waals surface area (Å²) in [5.41, 5.74) is 2.60. The molecule has 1 amide bonds. The highest BCUT2D eigenvalue weighted by Crippen LogP contribution is 2.12. The molecule has 5 heteroatoms. The third kappa shape index (κ3) is 3.46. The largest absolute Gasteiger partial charge is 0.323 e. The van der Waals surface area contributed by atoms with E-state index >= 15 is 0 Å². The highest BCUT2D eigenvalue weighted by molar-refractivity contribution is 6.01. The zero-order valence-corrected chi connectivity index (χ0v) is 11.8. The Morgan fingerprint density at radius 3 is 2.50 bits per heavy atom. The summed E-state index contributed by atoms with van der Waals surface area (Å²) in [5, 5.41) is 6.86. The van der Waals surface area contributed by atoms with E-state index in [1.165, 1.54) is 12.4 Å². The standard InChI is InChI=1S/C17H14N4O/c22-17(11-6-14-4-2-1-3-5-14)20-15-7-9-16(10-8-15)21-13-18-12-19-21/h1-13H,(H,20,22)/b11-6+. The van der Waals surface area contributed by atoms with E-state index < -0.39 is 0 Å². The molecule has 0 fully saturated rings. The molecule has 0 unspecified atom stereocenters. The Hall–Kier alpha value is -3.21. The summed E-state index contributed by atoms with van der Waals surface area (Å²) in [6.45, 7) is 0. The Balaban J connectivity index is 1.63. The van der Waals surface area contributed by atoms with Crippen LogP contribution in [0.3, 0.4) is 0 Å². The van der Waals surface area contributed by atoms with Crippen LogP contribution in [0.5, 0.6) is 0 Å². The van der Waals surface area contributed by atoms with Crippen molar-refractivity contribution in [2.45, 2.75) is 0 Å². The number of hydrogen-bond donors (Lipinski definition) is 1. The summed E-state index contributed by atoms with van der Waals surface area (Å²) in [4.78, 5) is 15.8. The molecular weight excluding hydrogens is 276 g/mol. The van der Waals surface area contributed by atoms with Crippen molar-refractivity contribution < 1.29 is 4.79 Å². The van der Waals surface area contributed by atoms with E-state index in [0.717, 1.165) is 16.9 Å². The summed E-state index contributed by atoms with van der Waals surface area (Å²) in [6, 6.07) is 17.1. The molecule has 3 rings (SSSR count). The predicted molar refractivity (Wildman–Crippen MR) is 85.5 cm³/mol. The van der Waals surface area contributed by atoms with Crippen LogP contribution in [0, 0.1) is 0 Å². The smallest absolute Gasteiger partial charge is 0.248 e. The van der Waals surface area contributed by atoms with Crippen molar-refractivity contribution >= 4 is 17.7 Å². The zero-order valence-electron chi connectivity index (χ0n) is 11.8. The maximum atomic E-state index is 11.9. The number of carbonyl (C=O) groups excluding carboxylic acids is 1. The maximum Gasteiger partial charge on any atom is 0.248 e. The molecule has 0 saturated heterocycles. The molecule has 0 bridgehead atoms. The summed E-state index contributed by atoms with van der Waals surface area (Å²) < 4.78 is 1.65. The monoisotopic (exact) mass is 290 g/mol. The lowest BCUT2D eigenvalue weighted by atomic mass is 10.2. The van der Waals surface area contributed by atoms with Crippen molar-refractivity contribution in [3.63, 3.8) is 0 Å². The highest BCUT2D eigenvalue weighted by Gasteiger charge is 2.00. The van der Waals surface area contributed by atoms with Crippen LogP contribution >= 0.6 is 0 Å². The molecule has 3 aromatic rings. The first-order chi connectivity index (χ1) is 10.8. The van der Waals surface area contributed by atoms with E-state index in [2.05, 4.69) is 15.4 Å². The van der Waals surface area contributed by atoms with Gasteiger partial charge in [-0.25, -0.2) is 9.67 Å². The van der Waals surface area contributed by atoms with E-state index in [9.17, 15) is 4.79 Å². The van der Waals surface area contributed by atoms with Gasteiger partial charge in [-0.2, -0.15) is 5.10 Å². The molecule has 1 heterocycles. The number of amides is 1. The summed E-state index contributed by atoms with van der Waals surface area (Å²) in [5.74, 6) is -0.169. The quantitative estimate of drug-likeness (QED) is 0.752. The Morgan fingerprint density at radius 2 is 1.82 bits per heavy atom. The SMILES string of the molecule is O=C(/C=C/c1ccccc1)Nc1ccc(-n2cncn2)cc1. The average Bonchev–Trinajstić information content (AvgIpc) is 3.09. The number of anilines is 1. The Labute approximate surface area is 127 Å². The van der Waals surface area contributed by atoms with Crippen molar-refractivity contribution in [2.24, 2.45) is 0 Å². The molecule has 1 N–H and O–H groups in total. The minimum atomic E-state index is -0.169. The second kappa shape index (κ2) is 6.49. The van der Waals surface area contributed by atoms with E-state index in [4.69, 9.17) is 0 Å². The van der Waals surface area contributed by atoms with Crippen LogP contribution in [0.15, 0.2) is 73.3 Å². The van der Waals surface area contributed by atoms with E-state index in [1.54, 1.807) is 17.1 Å². The molecule has 0 atom stereocenters. The van der Waals surface area contributed by atoms with E-state index in [-0.39, 0.29) is 5.91 Å². The molecule has 0 spiro atoms. The number of hydrogen-bond acceptors (Lipinski definition) is 3. The Bertz CT molecular complexity index is 762. The molecule has 108 valence electrons. The van der Waals surface area contributed by atoms with Gasteiger partial charge in [0.25, 0.3) is 0 Å². The van der Waals surface area contributed by atoms with Gasteiger partial charge in [-0.15, -0.1) is 0 Å². The molecule has 2 aromatic carbocycles. The lowest BCUT2D eigenvalue weighted by Gasteiger charge is -2.04. The van der Waals surface area contributed by atoms with Gasteiger partial charge < -0.3 is 5.32 Å². The third-order valence-corrected chi connectivity index (χ3v) is 3.04. The van der Waals surface area contributed by atoms with Gasteiger partial charge in [-0.3, -0.25) is 4.79 Å². The third-order valence-electron chi connectivity index (χ3n) is 3.04. The summed E-state index contributed by atoms with van der Waals surface area (Å²) in [6.07, 6.45) is 6.39. The summed E-state index contributed by atoms with van der Waals surface area (Å²) in [7, 11) is 0. The minimum Gasteiger partial charge on any atom is -0.323 e. The zero-order chi connectivity index (χ0) is 15.2. The fourth-order valence-corrected chi connectivity index (χ4v) is 1.96. The highest BCUT2D eigenvalue weighted by atomic mass is 16.1. The molecule has 5 nitrogen and oxygen atoms in total. The number of benzene rings is 2. The number of aromatic nitrogens is 3. The van der Waals surface area contributed by atoms with Crippen molar-refractivity contribution in [3.05, 3.63) is 78.9 Å². The topological polar surface area (TPSA) is 59.8 Å². The van der Waals surface area contributed by atoms with E-state index in [0.29, 0.717) is 0 Å². The van der Waals surface area contributed by atoms with Crippen LogP contribution < -0.4 is 5.32 Å². The molecule has 0 aliphatic carbocycles. The fraction of sp³-hybridized carbons (Fsp3) is 0. The van der Waals surface area contributed by atoms with Crippen LogP contribution in [-0.2, 0) is 4.79 Å². The Morgan fingerprint density at radius 1 is 1.05 bits per heavy atom. The second-order valence-electron chi connectivity index (χ2n) is 4.62. The van der Waals surface area contributed by atoms with Crippen LogP contribution in [0.1, 0.15) is 5.56 Å². The van der Waals surface area contributed by atoms with Crippen molar-refractivity contribution in [1.82, 2.24) is 14.8 Å². The minimum absolute atomic E-state index is 0.169. The van der Waals surface area contributed by atoms with Gasteiger partial charge in [0, 0.05) is 11.8 Å². The average molecular weight is 290 g/mol. The van der Waals surface area contributed by atoms with Crippen LogP contribution in [-0.4, -0.2) is 20.7 Å². The molecule has 1 aromatic heterocycles. The molecule has 0 saturated carbocycles. The molecular formula is C17H14N4O. The van der Waals surface area contributed by atoms with Gasteiger partial charge in [0.15, 0.2) is 0 Å². The van der Waals surface area contributed by atoms with Gasteiger partial charge >= 0.3 is 0 Å². The molecule has 22 heavy (non-hydrogen) atoms. The van der Waals surface area contributed by atoms with Crippen LogP contribution in [0.25, 0.3) is 11.8 Å². The van der Waals surface area contributed by atoms with E-state index in [1.807, 2.05) is 54.6 Å². The van der Waals surface area contributed by atoms with Gasteiger partial charge in [-0.05, 0) is 35.9 Å². The van der Waals surface area contributed by atoms with Crippen molar-refractivity contribution in [3.8, 4) is 5.69 Å². The first-order valence-electron chi connectivity index (χ1n) is 6.80. The van der Waals surface area contributed by atoms with Crippen LogP contribution in [0.2, 0.25) is 0 Å². The van der Waals surface area contributed by atoms with Crippen molar-refractivity contribution in [2.75, 3.05) is 5.32 Å². The first kappa shape index (κ1) is 13.8. The molecule has 0 aliphatic heterocycles. The van der Waals surface area contributed by atoms with Gasteiger partial charge in [-0.1, -0.05) is 30.3 Å². The number of carbonyl (C=O) groups is 1. The normalized spacial score (nSPS) is 10.7. The summed E-state index contributed by atoms with van der Waals surface area (Å²) >= 11 is 0. The first-order valence-corrected chi connectivity index (χ1v) is 6.80. The fourth-order valence-electron chi connectivity index (χ4n) is 1.96. The number of nitrogens with one attached hydrogen (secondary N) is 1. The predicted octanol–water partition coefficient (Wildman–Crippen LogP) is 2.92. The van der Waals surface area contributed by atoms with Gasteiger partial charge in [0.2, 0.25) is 5.91 Å². The van der Waals surface area contributed by atoms with Crippen LogP contribution in [0.4, 0.5) is 5.69 Å². The van der Waals surface area contributed by atoms with Gasteiger partial charge in [0.1, 0.15) is 12.7 Å². The lowest BCUT2D eigenvalue weighted by Crippen LogP contribution is -2.07. The molecule has 0 radical (unpaired) electrons. The lowest BCUT2D eigenvalue weighted by molar-refractivity contribution is -0.111. The molecule has 0 aliphatic rings. The number of rotatable bonds is 4. The number of nitrogens with zero attached hydrogens (tertiary/aromatic N) is 3. The van der Waals surface area contributed by atoms with Crippen molar-refractivity contribution in [1.29, 1.82) is 0 Å². The second-order valence-corrected chi connectivity index (χ2v) is 4.62.